The molecule has 0 unspecified atom stereocenters. The van der Waals surface area contributed by atoms with Crippen molar-refractivity contribution in [2.75, 3.05) is 26.9 Å². The Morgan fingerprint density at radius 2 is 2.27 bits per heavy atom. The van der Waals surface area contributed by atoms with Gasteiger partial charge in [-0.1, -0.05) is 11.6 Å². The second-order valence-electron chi connectivity index (χ2n) is 2.97. The highest BCUT2D eigenvalue weighted by Crippen LogP contribution is 2.21. The monoisotopic (exact) mass is 248 g/mol. The molecule has 0 radical (unpaired) electrons. The fourth-order valence-corrected chi connectivity index (χ4v) is 2.14. The standard InChI is InChI=1S/C10H13ClO3S/c1-13-4-5-14-7-8(12)6-9-2-3-10(11)15-9/h2-3H,4-7H2,1H3. The minimum absolute atomic E-state index is 0.0598. The van der Waals surface area contributed by atoms with E-state index in [1.54, 1.807) is 13.2 Å². The zero-order valence-electron chi connectivity index (χ0n) is 8.49. The first-order valence-corrected chi connectivity index (χ1v) is 5.74. The van der Waals surface area contributed by atoms with E-state index in [0.717, 1.165) is 4.88 Å². The molecule has 0 aliphatic heterocycles. The normalized spacial score (nSPS) is 10.5. The Hall–Kier alpha value is -0.420. The summed E-state index contributed by atoms with van der Waals surface area (Å²) in [4.78, 5) is 12.4. The first kappa shape index (κ1) is 12.6. The number of methoxy groups -OCH3 is 1. The van der Waals surface area contributed by atoms with E-state index in [0.29, 0.717) is 24.0 Å². The van der Waals surface area contributed by atoms with Crippen molar-refractivity contribution < 1.29 is 14.3 Å². The molecule has 84 valence electrons. The number of ether oxygens (including phenoxy) is 2. The molecular weight excluding hydrogens is 236 g/mol. The Labute approximate surface area is 98.0 Å². The summed E-state index contributed by atoms with van der Waals surface area (Å²) in [6.45, 7) is 1.10. The number of carbonyl (C=O) groups is 1. The molecule has 0 fully saturated rings. The topological polar surface area (TPSA) is 35.5 Å². The molecule has 1 aromatic heterocycles. The van der Waals surface area contributed by atoms with Crippen molar-refractivity contribution in [2.24, 2.45) is 0 Å². The summed E-state index contributed by atoms with van der Waals surface area (Å²) in [7, 11) is 1.60. The summed E-state index contributed by atoms with van der Waals surface area (Å²) in [5.41, 5.74) is 0. The molecule has 5 heteroatoms. The second-order valence-corrected chi connectivity index (χ2v) is 4.77. The second kappa shape index (κ2) is 6.95. The molecular formula is C10H13ClO3S. The lowest BCUT2D eigenvalue weighted by Gasteiger charge is -2.01. The van der Waals surface area contributed by atoms with Crippen LogP contribution in [0.2, 0.25) is 4.34 Å². The van der Waals surface area contributed by atoms with Crippen LogP contribution < -0.4 is 0 Å². The maximum Gasteiger partial charge on any atom is 0.163 e. The summed E-state index contributed by atoms with van der Waals surface area (Å²) >= 11 is 7.17. The molecule has 0 atom stereocenters. The summed E-state index contributed by atoms with van der Waals surface area (Å²) in [5, 5.41) is 0. The van der Waals surface area contributed by atoms with Gasteiger partial charge < -0.3 is 9.47 Å². The molecule has 0 spiro atoms. The molecule has 0 saturated carbocycles. The van der Waals surface area contributed by atoms with Gasteiger partial charge in [0.2, 0.25) is 0 Å². The van der Waals surface area contributed by atoms with Crippen LogP contribution in [0, 0.1) is 0 Å². The van der Waals surface area contributed by atoms with E-state index in [1.807, 2.05) is 6.07 Å². The quantitative estimate of drug-likeness (QED) is 0.694. The Kier molecular flexibility index (Phi) is 5.86. The van der Waals surface area contributed by atoms with Crippen LogP contribution in [0.25, 0.3) is 0 Å². The van der Waals surface area contributed by atoms with E-state index in [4.69, 9.17) is 21.1 Å². The van der Waals surface area contributed by atoms with Gasteiger partial charge in [-0.25, -0.2) is 0 Å². The van der Waals surface area contributed by atoms with Gasteiger partial charge in [0, 0.05) is 18.4 Å². The van der Waals surface area contributed by atoms with Crippen LogP contribution in [0.4, 0.5) is 0 Å². The molecule has 0 saturated heterocycles. The van der Waals surface area contributed by atoms with Crippen molar-refractivity contribution >= 4 is 28.7 Å². The lowest BCUT2D eigenvalue weighted by atomic mass is 10.2. The zero-order chi connectivity index (χ0) is 11.1. The van der Waals surface area contributed by atoms with E-state index >= 15 is 0 Å². The van der Waals surface area contributed by atoms with E-state index in [1.165, 1.54) is 11.3 Å². The van der Waals surface area contributed by atoms with Crippen molar-refractivity contribution in [1.29, 1.82) is 0 Å². The molecule has 0 aliphatic carbocycles. The largest absolute Gasteiger partial charge is 0.382 e. The smallest absolute Gasteiger partial charge is 0.163 e. The Balaban J connectivity index is 2.18. The van der Waals surface area contributed by atoms with Crippen molar-refractivity contribution in [3.05, 3.63) is 21.3 Å². The van der Waals surface area contributed by atoms with Crippen molar-refractivity contribution in [3.63, 3.8) is 0 Å². The van der Waals surface area contributed by atoms with Gasteiger partial charge >= 0.3 is 0 Å². The highest BCUT2D eigenvalue weighted by Gasteiger charge is 2.05. The van der Waals surface area contributed by atoms with Crippen LogP contribution in [-0.2, 0) is 20.7 Å². The highest BCUT2D eigenvalue weighted by molar-refractivity contribution is 7.16. The van der Waals surface area contributed by atoms with Crippen molar-refractivity contribution in [2.45, 2.75) is 6.42 Å². The molecule has 0 N–H and O–H groups in total. The van der Waals surface area contributed by atoms with E-state index in [9.17, 15) is 4.79 Å². The molecule has 0 aromatic carbocycles. The van der Waals surface area contributed by atoms with Crippen LogP contribution in [0.5, 0.6) is 0 Å². The zero-order valence-corrected chi connectivity index (χ0v) is 10.1. The summed E-state index contributed by atoms with van der Waals surface area (Å²) in [5.74, 6) is 0.0598. The summed E-state index contributed by atoms with van der Waals surface area (Å²) in [6.07, 6.45) is 0.393. The number of hydrogen-bond acceptors (Lipinski definition) is 4. The maximum atomic E-state index is 11.4. The fraction of sp³-hybridized carbons (Fsp3) is 0.500. The van der Waals surface area contributed by atoms with Crippen molar-refractivity contribution in [1.82, 2.24) is 0 Å². The minimum atomic E-state index is 0.0598. The number of rotatable bonds is 7. The Morgan fingerprint density at radius 3 is 2.87 bits per heavy atom. The average molecular weight is 249 g/mol. The number of halogens is 1. The molecule has 1 heterocycles. The van der Waals surface area contributed by atoms with Crippen molar-refractivity contribution in [3.8, 4) is 0 Å². The minimum Gasteiger partial charge on any atom is -0.382 e. The lowest BCUT2D eigenvalue weighted by molar-refractivity contribution is -0.123. The molecule has 1 rings (SSSR count). The van der Waals surface area contributed by atoms with Crippen LogP contribution in [-0.4, -0.2) is 32.7 Å². The van der Waals surface area contributed by atoms with E-state index in [-0.39, 0.29) is 12.4 Å². The number of Topliss-reactive ketones (excluding diaryl/α,β-unsaturated/α-hetero) is 1. The first-order valence-electron chi connectivity index (χ1n) is 4.55. The Morgan fingerprint density at radius 1 is 1.47 bits per heavy atom. The van der Waals surface area contributed by atoms with Crippen LogP contribution in [0.1, 0.15) is 4.88 Å². The summed E-state index contributed by atoms with van der Waals surface area (Å²) < 4.78 is 10.6. The predicted molar refractivity (Wildman–Crippen MR) is 60.7 cm³/mol. The number of carbonyl (C=O) groups excluding carboxylic acids is 1. The van der Waals surface area contributed by atoms with Gasteiger partial charge in [-0.2, -0.15) is 0 Å². The predicted octanol–water partition coefficient (Wildman–Crippen LogP) is 2.18. The molecule has 3 nitrogen and oxygen atoms in total. The van der Waals surface area contributed by atoms with Crippen LogP contribution in [0.3, 0.4) is 0 Å². The van der Waals surface area contributed by atoms with Gasteiger partial charge in [-0.3, -0.25) is 4.79 Å². The third kappa shape index (κ3) is 5.28. The van der Waals surface area contributed by atoms with Gasteiger partial charge in [0.1, 0.15) is 6.61 Å². The maximum absolute atomic E-state index is 11.4. The van der Waals surface area contributed by atoms with Gasteiger partial charge in [-0.15, -0.1) is 11.3 Å². The summed E-state index contributed by atoms with van der Waals surface area (Å²) in [6, 6.07) is 3.65. The van der Waals surface area contributed by atoms with Crippen LogP contribution in [0.15, 0.2) is 12.1 Å². The average Bonchev–Trinajstić information content (AvgIpc) is 2.59. The highest BCUT2D eigenvalue weighted by atomic mass is 35.5. The third-order valence-electron chi connectivity index (χ3n) is 1.70. The van der Waals surface area contributed by atoms with E-state index in [2.05, 4.69) is 0 Å². The van der Waals surface area contributed by atoms with Crippen LogP contribution >= 0.6 is 22.9 Å². The van der Waals surface area contributed by atoms with Gasteiger partial charge in [-0.05, 0) is 12.1 Å². The van der Waals surface area contributed by atoms with Gasteiger partial charge in [0.25, 0.3) is 0 Å². The number of hydrogen-bond donors (Lipinski definition) is 0. The molecule has 1 aromatic rings. The molecule has 0 bridgehead atoms. The molecule has 0 aliphatic rings. The first-order chi connectivity index (χ1) is 7.22. The molecule has 0 amide bonds. The van der Waals surface area contributed by atoms with Gasteiger partial charge in [0.05, 0.1) is 17.6 Å². The Bertz CT molecular complexity index is 311. The number of ketones is 1. The van der Waals surface area contributed by atoms with E-state index < -0.39 is 0 Å². The van der Waals surface area contributed by atoms with Gasteiger partial charge in [0.15, 0.2) is 5.78 Å². The number of thiophene rings is 1. The SMILES string of the molecule is COCCOCC(=O)Cc1ccc(Cl)s1. The molecule has 15 heavy (non-hydrogen) atoms. The lowest BCUT2D eigenvalue weighted by Crippen LogP contribution is -2.13. The fourth-order valence-electron chi connectivity index (χ4n) is 1.02. The third-order valence-corrected chi connectivity index (χ3v) is 2.93.